The van der Waals surface area contributed by atoms with Gasteiger partial charge in [-0.3, -0.25) is 19.2 Å². The van der Waals surface area contributed by atoms with Crippen LogP contribution in [0.2, 0.25) is 0 Å². The summed E-state index contributed by atoms with van der Waals surface area (Å²) in [6.45, 7) is 14.9. The molecule has 2 aromatic carbocycles. The molecule has 2 aromatic rings. The van der Waals surface area contributed by atoms with Crippen LogP contribution in [0.5, 0.6) is 0 Å². The third-order valence-corrected chi connectivity index (χ3v) is 13.6. The number of hydrogen-bond acceptors (Lipinski definition) is 16. The Bertz CT molecular complexity index is 2250. The summed E-state index contributed by atoms with van der Waals surface area (Å²) in [5.74, 6) is -6.99. The highest BCUT2D eigenvalue weighted by molar-refractivity contribution is 5.96. The Morgan fingerprint density at radius 2 is 1.47 bits per heavy atom. The van der Waals surface area contributed by atoms with Gasteiger partial charge in [0.25, 0.3) is 0 Å². The van der Waals surface area contributed by atoms with Crippen LogP contribution in [-0.4, -0.2) is 112 Å². The van der Waals surface area contributed by atoms with Gasteiger partial charge in [0.2, 0.25) is 0 Å². The normalized spacial score (nSPS) is 30.8. The first-order chi connectivity index (χ1) is 30.9. The van der Waals surface area contributed by atoms with Crippen molar-refractivity contribution < 1.29 is 76.9 Å². The number of aliphatic hydroxyl groups excluding tert-OH is 1. The minimum atomic E-state index is -2.44. The molecule has 0 aromatic heterocycles. The predicted octanol–water partition coefficient (Wildman–Crippen LogP) is 5.18. The summed E-state index contributed by atoms with van der Waals surface area (Å²) in [6, 6.07) is 14.5. The smallest absolute Gasteiger partial charge is 0.408 e. The van der Waals surface area contributed by atoms with Crippen LogP contribution in [-0.2, 0) is 57.1 Å². The minimum Gasteiger partial charge on any atom is -0.461 e. The van der Waals surface area contributed by atoms with E-state index in [0.29, 0.717) is 5.56 Å². The summed E-state index contributed by atoms with van der Waals surface area (Å²) >= 11 is 0. The Hall–Kier alpha value is -5.65. The quantitative estimate of drug-likeness (QED) is 0.141. The van der Waals surface area contributed by atoms with E-state index in [-0.39, 0.29) is 42.6 Å². The van der Waals surface area contributed by atoms with Crippen molar-refractivity contribution in [1.82, 2.24) is 5.32 Å². The van der Waals surface area contributed by atoms with Gasteiger partial charge in [-0.2, -0.15) is 0 Å². The van der Waals surface area contributed by atoms with E-state index in [9.17, 15) is 39.0 Å². The van der Waals surface area contributed by atoms with Crippen molar-refractivity contribution in [3.8, 4) is 0 Å². The van der Waals surface area contributed by atoms with Crippen molar-refractivity contribution in [2.75, 3.05) is 6.61 Å². The third kappa shape index (κ3) is 8.96. The van der Waals surface area contributed by atoms with E-state index >= 15 is 4.79 Å². The van der Waals surface area contributed by atoms with Crippen molar-refractivity contribution >= 4 is 41.7 Å². The molecule has 3 fully saturated rings. The molecular weight excluding hydrogens is 859 g/mol. The Balaban J connectivity index is 1.59. The Labute approximate surface area is 383 Å². The first-order valence-corrected chi connectivity index (χ1v) is 22.2. The highest BCUT2D eigenvalue weighted by atomic mass is 16.6. The van der Waals surface area contributed by atoms with Crippen LogP contribution in [0.3, 0.4) is 0 Å². The second kappa shape index (κ2) is 18.6. The Morgan fingerprint density at radius 3 is 2.02 bits per heavy atom. The zero-order valence-electron chi connectivity index (χ0n) is 39.0. The summed E-state index contributed by atoms with van der Waals surface area (Å²) in [7, 11) is 0. The molecule has 1 heterocycles. The molecule has 358 valence electrons. The van der Waals surface area contributed by atoms with E-state index in [0.717, 1.165) is 6.92 Å². The van der Waals surface area contributed by atoms with Gasteiger partial charge in [-0.05, 0) is 63.5 Å². The number of fused-ring (bicyclic) bond motifs is 5. The van der Waals surface area contributed by atoms with Crippen LogP contribution >= 0.6 is 0 Å². The molecule has 66 heavy (non-hydrogen) atoms. The molecule has 2 bridgehead atoms. The molecule has 11 atom stereocenters. The second-order valence-corrected chi connectivity index (χ2v) is 19.2. The molecule has 3 aliphatic carbocycles. The highest BCUT2D eigenvalue weighted by Crippen LogP contribution is 2.65. The molecule has 1 unspecified atom stereocenters. The number of benzene rings is 2. The largest absolute Gasteiger partial charge is 0.461 e. The van der Waals surface area contributed by atoms with Crippen LogP contribution in [0.15, 0.2) is 71.8 Å². The maximum absolute atomic E-state index is 16.0. The van der Waals surface area contributed by atoms with E-state index in [2.05, 4.69) is 5.32 Å². The number of alkyl carbamates (subject to hydrolysis) is 1. The molecule has 17 heteroatoms. The number of rotatable bonds is 12. The molecule has 1 saturated heterocycles. The van der Waals surface area contributed by atoms with Gasteiger partial charge in [0, 0.05) is 38.0 Å². The van der Waals surface area contributed by atoms with Crippen molar-refractivity contribution in [2.24, 2.45) is 16.7 Å². The summed E-state index contributed by atoms with van der Waals surface area (Å²) < 4.78 is 42.4. The number of hydrogen-bond donors (Lipinski definition) is 3. The lowest BCUT2D eigenvalue weighted by Crippen LogP contribution is -2.82. The summed E-state index contributed by atoms with van der Waals surface area (Å²) in [5.41, 5.74) is -8.49. The average molecular weight is 920 g/mol. The standard InChI is InChI=1S/C49H61NO16/c1-11-33(52)62-31-23-32-48(25-60-32,65-27(4)51)39-41(64-42(56)29-21-17-14-18-22-29)49(59)24-30(26(3)35(46(49,8)9)38(63-34(53)12-2)40(55)47(31,39)10)61-43(57)37(54)36(28-19-15-13-16-20-28)50-44(58)66-45(5,6)7/h13-22,30-32,36-39,41,54,59H,11-12,23-25H2,1-10H3,(H,50,58)/t30-,31-,32+,36-,37+,38+,39?,41-,47+,48-,49+/m0/s1. The van der Waals surface area contributed by atoms with Crippen molar-refractivity contribution in [3.63, 3.8) is 0 Å². The fourth-order valence-electron chi connectivity index (χ4n) is 10.2. The van der Waals surface area contributed by atoms with E-state index in [1.165, 1.54) is 32.9 Å². The van der Waals surface area contributed by atoms with Gasteiger partial charge in [0.1, 0.15) is 35.6 Å². The fraction of sp³-hybridized carbons (Fsp3) is 0.571. The van der Waals surface area contributed by atoms with Crippen LogP contribution in [0.25, 0.3) is 0 Å². The van der Waals surface area contributed by atoms with E-state index in [1.54, 1.807) is 90.1 Å². The number of esters is 5. The van der Waals surface area contributed by atoms with E-state index < -0.39 is 124 Å². The number of amides is 1. The first kappa shape index (κ1) is 49.8. The molecule has 1 amide bonds. The van der Waals surface area contributed by atoms with Crippen molar-refractivity contribution in [1.29, 1.82) is 0 Å². The van der Waals surface area contributed by atoms with Gasteiger partial charge in [-0.25, -0.2) is 14.4 Å². The van der Waals surface area contributed by atoms with Crippen molar-refractivity contribution in [3.05, 3.63) is 82.9 Å². The van der Waals surface area contributed by atoms with E-state index in [1.807, 2.05) is 0 Å². The van der Waals surface area contributed by atoms with Gasteiger partial charge in [0.15, 0.2) is 23.6 Å². The third-order valence-electron chi connectivity index (χ3n) is 13.6. The zero-order chi connectivity index (χ0) is 48.7. The lowest BCUT2D eigenvalue weighted by atomic mass is 9.44. The lowest BCUT2D eigenvalue weighted by Gasteiger charge is -2.67. The minimum absolute atomic E-state index is 0.0173. The van der Waals surface area contributed by atoms with Crippen molar-refractivity contribution in [2.45, 2.75) is 154 Å². The second-order valence-electron chi connectivity index (χ2n) is 19.2. The molecular formula is C49H61NO16. The zero-order valence-corrected chi connectivity index (χ0v) is 39.0. The topological polar surface area (TPSA) is 237 Å². The molecule has 4 aliphatic rings. The molecule has 17 nitrogen and oxygen atoms in total. The monoisotopic (exact) mass is 919 g/mol. The SMILES string of the molecule is CCC(=O)O[C@H]1C(=O)[C@@]2(C)C([C@H](OC(=O)c3ccccc3)[C@]3(O)C[C@H](OC(=O)[C@H](O)[C@@H](NC(=O)OC(C)(C)C)c4ccccc4)C(C)=C1C3(C)C)[C@]1(OC(C)=O)CO[C@@H]1C[C@@H]2OC(=O)CC. The van der Waals surface area contributed by atoms with Crippen LogP contribution in [0.1, 0.15) is 117 Å². The number of aliphatic hydroxyl groups is 2. The van der Waals surface area contributed by atoms with Gasteiger partial charge in [0.05, 0.1) is 29.5 Å². The Kier molecular flexibility index (Phi) is 14.0. The first-order valence-electron chi connectivity index (χ1n) is 22.2. The number of carbonyl (C=O) groups is 7. The highest BCUT2D eigenvalue weighted by Gasteiger charge is 2.79. The lowest BCUT2D eigenvalue weighted by molar-refractivity contribution is -0.346. The molecule has 2 saturated carbocycles. The summed E-state index contributed by atoms with van der Waals surface area (Å²) in [4.78, 5) is 98.0. The van der Waals surface area contributed by atoms with Gasteiger partial charge < -0.3 is 48.7 Å². The van der Waals surface area contributed by atoms with Gasteiger partial charge in [-0.1, -0.05) is 76.2 Å². The maximum Gasteiger partial charge on any atom is 0.408 e. The van der Waals surface area contributed by atoms with Crippen LogP contribution in [0, 0.1) is 16.7 Å². The number of Topliss-reactive ketones (excluding diaryl/α,β-unsaturated/α-hetero) is 1. The average Bonchev–Trinajstić information content (AvgIpc) is 3.25. The maximum atomic E-state index is 16.0. The van der Waals surface area contributed by atoms with E-state index in [4.69, 9.17) is 33.2 Å². The number of ether oxygens (including phenoxy) is 7. The van der Waals surface area contributed by atoms with Crippen LogP contribution in [0.4, 0.5) is 4.79 Å². The summed E-state index contributed by atoms with van der Waals surface area (Å²) in [6.07, 6.45) is -11.8. The number of carbonyl (C=O) groups excluding carboxylic acids is 7. The van der Waals surface area contributed by atoms with Gasteiger partial charge in [-0.15, -0.1) is 0 Å². The molecule has 0 spiro atoms. The predicted molar refractivity (Wildman–Crippen MR) is 232 cm³/mol. The van der Waals surface area contributed by atoms with Crippen LogP contribution < -0.4 is 5.32 Å². The molecule has 3 N–H and O–H groups in total. The molecule has 0 radical (unpaired) electrons. The van der Waals surface area contributed by atoms with Gasteiger partial charge >= 0.3 is 35.9 Å². The number of nitrogens with one attached hydrogen (secondary N) is 1. The fourth-order valence-corrected chi connectivity index (χ4v) is 10.2. The molecule has 6 rings (SSSR count). The number of ketones is 1. The Morgan fingerprint density at radius 1 is 0.879 bits per heavy atom. The summed E-state index contributed by atoms with van der Waals surface area (Å²) in [5, 5.41) is 28.2. The molecule has 1 aliphatic heterocycles.